The summed E-state index contributed by atoms with van der Waals surface area (Å²) in [6, 6.07) is 3.99. The van der Waals surface area contributed by atoms with Crippen molar-refractivity contribution in [3.8, 4) is 0 Å². The number of thiol groups is 2. The van der Waals surface area contributed by atoms with Gasteiger partial charge in [-0.3, -0.25) is 0 Å². The van der Waals surface area contributed by atoms with Crippen LogP contribution in [-0.2, 0) is 0 Å². The van der Waals surface area contributed by atoms with Crippen molar-refractivity contribution in [1.82, 2.24) is 0 Å². The highest BCUT2D eigenvalue weighted by Crippen LogP contribution is 2.20. The zero-order chi connectivity index (χ0) is 7.72. The van der Waals surface area contributed by atoms with Crippen molar-refractivity contribution in [3.05, 3.63) is 23.3 Å². The highest BCUT2D eigenvalue weighted by atomic mass is 32.1. The van der Waals surface area contributed by atoms with Crippen LogP contribution in [0.2, 0.25) is 0 Å². The van der Waals surface area contributed by atoms with Crippen LogP contribution in [0.1, 0.15) is 11.1 Å². The maximum atomic E-state index is 4.29. The molecule has 0 heterocycles. The molecule has 0 amide bonds. The SMILES string of the molecule is Cc1cc(S)cc(S)c1C. The first-order valence-corrected chi connectivity index (χ1v) is 4.00. The Morgan fingerprint density at radius 3 is 2.20 bits per heavy atom. The van der Waals surface area contributed by atoms with E-state index in [0.29, 0.717) is 0 Å². The number of hydrogen-bond acceptors (Lipinski definition) is 2. The molecule has 0 atom stereocenters. The Morgan fingerprint density at radius 1 is 1.10 bits per heavy atom. The largest absolute Gasteiger partial charge is 0.143 e. The zero-order valence-corrected chi connectivity index (χ0v) is 7.84. The fourth-order valence-corrected chi connectivity index (χ4v) is 1.56. The predicted octanol–water partition coefficient (Wildman–Crippen LogP) is 2.88. The molecule has 0 unspecified atom stereocenters. The molecule has 0 fully saturated rings. The molecule has 0 aliphatic carbocycles. The molecular formula is C8H10S2. The number of benzene rings is 1. The van der Waals surface area contributed by atoms with E-state index in [1.807, 2.05) is 12.1 Å². The van der Waals surface area contributed by atoms with Crippen LogP contribution in [0, 0.1) is 13.8 Å². The summed E-state index contributed by atoms with van der Waals surface area (Å²) in [5, 5.41) is 0. The second-order valence-electron chi connectivity index (χ2n) is 2.41. The van der Waals surface area contributed by atoms with Crippen LogP contribution in [0.15, 0.2) is 21.9 Å². The van der Waals surface area contributed by atoms with Gasteiger partial charge in [0.25, 0.3) is 0 Å². The molecule has 0 N–H and O–H groups in total. The van der Waals surface area contributed by atoms with Crippen molar-refractivity contribution in [3.63, 3.8) is 0 Å². The van der Waals surface area contributed by atoms with E-state index < -0.39 is 0 Å². The summed E-state index contributed by atoms with van der Waals surface area (Å²) < 4.78 is 0. The van der Waals surface area contributed by atoms with Crippen LogP contribution in [0.5, 0.6) is 0 Å². The average molecular weight is 170 g/mol. The summed E-state index contributed by atoms with van der Waals surface area (Å²) in [7, 11) is 0. The van der Waals surface area contributed by atoms with E-state index in [4.69, 9.17) is 0 Å². The van der Waals surface area contributed by atoms with Crippen molar-refractivity contribution in [2.75, 3.05) is 0 Å². The van der Waals surface area contributed by atoms with Gasteiger partial charge in [-0.1, -0.05) is 0 Å². The van der Waals surface area contributed by atoms with Gasteiger partial charge >= 0.3 is 0 Å². The van der Waals surface area contributed by atoms with Crippen molar-refractivity contribution in [1.29, 1.82) is 0 Å². The molecule has 10 heavy (non-hydrogen) atoms. The van der Waals surface area contributed by atoms with Crippen molar-refractivity contribution in [2.24, 2.45) is 0 Å². The molecule has 54 valence electrons. The zero-order valence-electron chi connectivity index (χ0n) is 6.05. The van der Waals surface area contributed by atoms with Crippen LogP contribution < -0.4 is 0 Å². The van der Waals surface area contributed by atoms with Crippen molar-refractivity contribution in [2.45, 2.75) is 23.6 Å². The molecule has 0 radical (unpaired) electrons. The van der Waals surface area contributed by atoms with Gasteiger partial charge < -0.3 is 0 Å². The minimum Gasteiger partial charge on any atom is -0.143 e. The molecule has 0 bridgehead atoms. The topological polar surface area (TPSA) is 0 Å². The van der Waals surface area contributed by atoms with Gasteiger partial charge in [-0.25, -0.2) is 0 Å². The van der Waals surface area contributed by atoms with Crippen LogP contribution in [0.3, 0.4) is 0 Å². The fourth-order valence-electron chi connectivity index (χ4n) is 0.822. The Hall–Kier alpha value is -0.0800. The van der Waals surface area contributed by atoms with Crippen LogP contribution in [0.25, 0.3) is 0 Å². The van der Waals surface area contributed by atoms with Gasteiger partial charge in [0, 0.05) is 9.79 Å². The summed E-state index contributed by atoms with van der Waals surface area (Å²) in [6.45, 7) is 4.12. The monoisotopic (exact) mass is 170 g/mol. The fraction of sp³-hybridized carbons (Fsp3) is 0.250. The normalized spacial score (nSPS) is 10.0. The second kappa shape index (κ2) is 2.89. The molecule has 2 heteroatoms. The third-order valence-corrected chi connectivity index (χ3v) is 2.35. The summed E-state index contributed by atoms with van der Waals surface area (Å²) in [5.41, 5.74) is 2.48. The van der Waals surface area contributed by atoms with Gasteiger partial charge in [0.1, 0.15) is 0 Å². The minimum absolute atomic E-state index is 0.980. The molecule has 0 saturated heterocycles. The van der Waals surface area contributed by atoms with E-state index in [9.17, 15) is 0 Å². The molecule has 1 aromatic rings. The predicted molar refractivity (Wildman–Crippen MR) is 50.4 cm³/mol. The van der Waals surface area contributed by atoms with Gasteiger partial charge in [0.05, 0.1) is 0 Å². The molecular weight excluding hydrogens is 160 g/mol. The quantitative estimate of drug-likeness (QED) is 0.550. The molecule has 0 aromatic heterocycles. The highest BCUT2D eigenvalue weighted by molar-refractivity contribution is 7.81. The number of rotatable bonds is 0. The number of hydrogen-bond donors (Lipinski definition) is 2. The molecule has 1 rings (SSSR count). The van der Waals surface area contributed by atoms with Gasteiger partial charge in [-0.2, -0.15) is 0 Å². The molecule has 0 spiro atoms. The van der Waals surface area contributed by atoms with E-state index in [1.165, 1.54) is 11.1 Å². The minimum atomic E-state index is 0.980. The van der Waals surface area contributed by atoms with Crippen LogP contribution in [-0.4, -0.2) is 0 Å². The van der Waals surface area contributed by atoms with E-state index in [0.717, 1.165) is 9.79 Å². The van der Waals surface area contributed by atoms with E-state index in [1.54, 1.807) is 0 Å². The molecule has 0 saturated carbocycles. The van der Waals surface area contributed by atoms with Gasteiger partial charge in [-0.15, -0.1) is 25.3 Å². The van der Waals surface area contributed by atoms with Gasteiger partial charge in [0.2, 0.25) is 0 Å². The Morgan fingerprint density at radius 2 is 1.70 bits per heavy atom. The Labute approximate surface area is 72.5 Å². The second-order valence-corrected chi connectivity index (χ2v) is 3.40. The summed E-state index contributed by atoms with van der Waals surface area (Å²) in [5.74, 6) is 0. The lowest BCUT2D eigenvalue weighted by atomic mass is 10.1. The van der Waals surface area contributed by atoms with E-state index in [-0.39, 0.29) is 0 Å². The number of aryl methyl sites for hydroxylation is 1. The Balaban J connectivity index is 3.31. The lowest BCUT2D eigenvalue weighted by Gasteiger charge is -2.03. The van der Waals surface area contributed by atoms with Crippen molar-refractivity contribution >= 4 is 25.3 Å². The third kappa shape index (κ3) is 1.50. The molecule has 0 nitrogen and oxygen atoms in total. The first kappa shape index (κ1) is 8.02. The average Bonchev–Trinajstić information content (AvgIpc) is 1.82. The smallest absolute Gasteiger partial charge is 0.00829 e. The lowest BCUT2D eigenvalue weighted by Crippen LogP contribution is -1.82. The van der Waals surface area contributed by atoms with Crippen molar-refractivity contribution < 1.29 is 0 Å². The molecule has 0 aliphatic rings. The summed E-state index contributed by atoms with van der Waals surface area (Å²) >= 11 is 8.51. The summed E-state index contributed by atoms with van der Waals surface area (Å²) in [6.07, 6.45) is 0. The maximum absolute atomic E-state index is 4.29. The summed E-state index contributed by atoms with van der Waals surface area (Å²) in [4.78, 5) is 2.00. The van der Waals surface area contributed by atoms with E-state index >= 15 is 0 Å². The standard InChI is InChI=1S/C8H10S2/c1-5-3-7(9)4-8(10)6(5)2/h3-4,9-10H,1-2H3. The first-order valence-electron chi connectivity index (χ1n) is 3.10. The van der Waals surface area contributed by atoms with Gasteiger partial charge in [0.15, 0.2) is 0 Å². The first-order chi connectivity index (χ1) is 4.61. The highest BCUT2D eigenvalue weighted by Gasteiger charge is 1.97. The van der Waals surface area contributed by atoms with Crippen LogP contribution in [0.4, 0.5) is 0 Å². The lowest BCUT2D eigenvalue weighted by molar-refractivity contribution is 1.18. The third-order valence-electron chi connectivity index (χ3n) is 1.62. The van der Waals surface area contributed by atoms with E-state index in [2.05, 4.69) is 39.1 Å². The maximum Gasteiger partial charge on any atom is 0.00829 e. The molecule has 1 aromatic carbocycles. The Bertz CT molecular complexity index is 230. The van der Waals surface area contributed by atoms with Gasteiger partial charge in [-0.05, 0) is 37.1 Å². The van der Waals surface area contributed by atoms with Crippen LogP contribution >= 0.6 is 25.3 Å². The Kier molecular flexibility index (Phi) is 2.32. The molecule has 0 aliphatic heterocycles.